The molecule has 0 bridgehead atoms. The van der Waals surface area contributed by atoms with Gasteiger partial charge in [0, 0.05) is 39.0 Å². The zero-order valence-electron chi connectivity index (χ0n) is 20.3. The molecule has 1 atom stereocenters. The van der Waals surface area contributed by atoms with Gasteiger partial charge < -0.3 is 14.7 Å². The molecule has 0 radical (unpaired) electrons. The van der Waals surface area contributed by atoms with Crippen LogP contribution in [0, 0.1) is 5.92 Å². The monoisotopic (exact) mass is 442 g/mol. The van der Waals surface area contributed by atoms with Gasteiger partial charge >= 0.3 is 0 Å². The van der Waals surface area contributed by atoms with Gasteiger partial charge in [0.2, 0.25) is 11.8 Å². The molecule has 1 fully saturated rings. The summed E-state index contributed by atoms with van der Waals surface area (Å²) in [7, 11) is 0. The van der Waals surface area contributed by atoms with Gasteiger partial charge in [-0.1, -0.05) is 39.8 Å². The fourth-order valence-corrected chi connectivity index (χ4v) is 4.97. The van der Waals surface area contributed by atoms with Crippen molar-refractivity contribution in [3.63, 3.8) is 0 Å². The van der Waals surface area contributed by atoms with Gasteiger partial charge in [0.25, 0.3) is 5.91 Å². The van der Waals surface area contributed by atoms with Crippen molar-refractivity contribution in [1.82, 2.24) is 14.7 Å². The number of rotatable bonds is 10. The maximum absolute atomic E-state index is 13.4. The third-order valence-electron chi connectivity index (χ3n) is 6.81. The number of fused-ring (bicyclic) bond motifs is 3. The van der Waals surface area contributed by atoms with E-state index in [2.05, 4.69) is 32.6 Å². The first-order chi connectivity index (χ1) is 15.2. The number of hydrogen-bond donors (Lipinski definition) is 0. The van der Waals surface area contributed by atoms with E-state index in [1.807, 2.05) is 30.0 Å². The lowest BCUT2D eigenvalue weighted by molar-refractivity contribution is -0.132. The summed E-state index contributed by atoms with van der Waals surface area (Å²) in [4.78, 5) is 47.1. The van der Waals surface area contributed by atoms with Crippen LogP contribution in [0.5, 0.6) is 0 Å². The van der Waals surface area contributed by atoms with E-state index in [4.69, 9.17) is 0 Å². The van der Waals surface area contributed by atoms with Crippen LogP contribution in [0.15, 0.2) is 24.3 Å². The van der Waals surface area contributed by atoms with E-state index in [1.165, 1.54) is 0 Å². The summed E-state index contributed by atoms with van der Waals surface area (Å²) >= 11 is 0. The van der Waals surface area contributed by atoms with E-state index in [0.29, 0.717) is 49.6 Å². The summed E-state index contributed by atoms with van der Waals surface area (Å²) in [6, 6.07) is 7.29. The van der Waals surface area contributed by atoms with Crippen molar-refractivity contribution in [1.29, 1.82) is 0 Å². The van der Waals surface area contributed by atoms with E-state index in [1.54, 1.807) is 15.9 Å². The number of amides is 3. The standard InChI is InChI=1S/C25H38N4O3/c1-6-26(7-2)16-17-27(18-19(3)4)22(30)13-15-28-24(32)20-10-8-9-11-21(20)29-23(31)12-14-25(28,29)5/h8-11,19H,6-7,12-18H2,1-5H3/t25-/m1/s1. The molecule has 176 valence electrons. The SMILES string of the molecule is CCN(CC)CCN(CC(C)C)C(=O)CCN1C(=O)c2ccccc2N2C(=O)CC[C@]12C. The Balaban J connectivity index is 1.76. The van der Waals surface area contributed by atoms with Gasteiger partial charge in [0.15, 0.2) is 0 Å². The molecular weight excluding hydrogens is 404 g/mol. The third-order valence-corrected chi connectivity index (χ3v) is 6.81. The maximum Gasteiger partial charge on any atom is 0.257 e. The number of hydrogen-bond acceptors (Lipinski definition) is 4. The van der Waals surface area contributed by atoms with Gasteiger partial charge in [-0.05, 0) is 44.5 Å². The molecule has 0 aliphatic carbocycles. The van der Waals surface area contributed by atoms with Crippen molar-refractivity contribution >= 4 is 23.4 Å². The lowest BCUT2D eigenvalue weighted by Crippen LogP contribution is -2.62. The Labute approximate surface area is 192 Å². The second-order valence-corrected chi connectivity index (χ2v) is 9.43. The lowest BCUT2D eigenvalue weighted by Gasteiger charge is -2.48. The minimum atomic E-state index is -0.715. The highest BCUT2D eigenvalue weighted by Crippen LogP contribution is 2.43. The van der Waals surface area contributed by atoms with E-state index < -0.39 is 5.66 Å². The minimum Gasteiger partial charge on any atom is -0.341 e. The Morgan fingerprint density at radius 3 is 2.47 bits per heavy atom. The molecule has 3 amide bonds. The number of para-hydroxylation sites is 1. The van der Waals surface area contributed by atoms with E-state index in [0.717, 1.165) is 19.6 Å². The quantitative estimate of drug-likeness (QED) is 0.558. The topological polar surface area (TPSA) is 64.2 Å². The summed E-state index contributed by atoms with van der Waals surface area (Å²) < 4.78 is 0. The van der Waals surface area contributed by atoms with Crippen molar-refractivity contribution in [3.05, 3.63) is 29.8 Å². The molecule has 1 aromatic rings. The molecule has 0 unspecified atom stereocenters. The zero-order chi connectivity index (χ0) is 23.5. The predicted molar refractivity (Wildman–Crippen MR) is 126 cm³/mol. The van der Waals surface area contributed by atoms with Crippen LogP contribution in [0.1, 0.15) is 64.2 Å². The third kappa shape index (κ3) is 4.68. The predicted octanol–water partition coefficient (Wildman–Crippen LogP) is 3.20. The van der Waals surface area contributed by atoms with Crippen LogP contribution in [0.4, 0.5) is 5.69 Å². The number of carbonyl (C=O) groups is 3. The Morgan fingerprint density at radius 1 is 1.12 bits per heavy atom. The summed E-state index contributed by atoms with van der Waals surface area (Å²) in [5, 5.41) is 0. The average Bonchev–Trinajstić information content (AvgIpc) is 3.08. The van der Waals surface area contributed by atoms with Gasteiger partial charge in [0.05, 0.1) is 11.3 Å². The van der Waals surface area contributed by atoms with Crippen LogP contribution in [0.25, 0.3) is 0 Å². The Bertz CT molecular complexity index is 851. The highest BCUT2D eigenvalue weighted by atomic mass is 16.2. The largest absolute Gasteiger partial charge is 0.341 e. The van der Waals surface area contributed by atoms with E-state index in [9.17, 15) is 14.4 Å². The summed E-state index contributed by atoms with van der Waals surface area (Å²) in [5.41, 5.74) is 0.506. The molecule has 1 aromatic carbocycles. The second-order valence-electron chi connectivity index (χ2n) is 9.43. The smallest absolute Gasteiger partial charge is 0.257 e. The van der Waals surface area contributed by atoms with Crippen molar-refractivity contribution < 1.29 is 14.4 Å². The molecule has 7 nitrogen and oxygen atoms in total. The summed E-state index contributed by atoms with van der Waals surface area (Å²) in [5.74, 6) is 0.376. The van der Waals surface area contributed by atoms with Crippen molar-refractivity contribution in [3.8, 4) is 0 Å². The van der Waals surface area contributed by atoms with E-state index in [-0.39, 0.29) is 24.1 Å². The number of benzene rings is 1. The van der Waals surface area contributed by atoms with Gasteiger partial charge in [0.1, 0.15) is 5.66 Å². The molecule has 3 rings (SSSR count). The first-order valence-electron chi connectivity index (χ1n) is 12.0. The van der Waals surface area contributed by atoms with Crippen LogP contribution in [0.3, 0.4) is 0 Å². The summed E-state index contributed by atoms with van der Waals surface area (Å²) in [6.07, 6.45) is 1.25. The van der Waals surface area contributed by atoms with Gasteiger partial charge in [-0.3, -0.25) is 19.3 Å². The molecule has 0 spiro atoms. The lowest BCUT2D eigenvalue weighted by atomic mass is 9.98. The van der Waals surface area contributed by atoms with Crippen LogP contribution in [-0.4, -0.2) is 77.4 Å². The molecule has 2 aliphatic rings. The number of nitrogens with zero attached hydrogens (tertiary/aromatic N) is 4. The highest BCUT2D eigenvalue weighted by Gasteiger charge is 2.52. The van der Waals surface area contributed by atoms with Gasteiger partial charge in [-0.25, -0.2) is 0 Å². The fourth-order valence-electron chi connectivity index (χ4n) is 4.97. The maximum atomic E-state index is 13.4. The summed E-state index contributed by atoms with van der Waals surface area (Å²) in [6.45, 7) is 14.9. The number of carbonyl (C=O) groups excluding carboxylic acids is 3. The van der Waals surface area contributed by atoms with E-state index >= 15 is 0 Å². The Morgan fingerprint density at radius 2 is 1.81 bits per heavy atom. The molecular formula is C25H38N4O3. The fraction of sp³-hybridized carbons (Fsp3) is 0.640. The van der Waals surface area contributed by atoms with Gasteiger partial charge in [-0.15, -0.1) is 0 Å². The van der Waals surface area contributed by atoms with Crippen LogP contribution in [0.2, 0.25) is 0 Å². The van der Waals surface area contributed by atoms with Crippen LogP contribution in [-0.2, 0) is 9.59 Å². The van der Waals surface area contributed by atoms with Crippen molar-refractivity contribution in [2.75, 3.05) is 44.2 Å². The molecule has 32 heavy (non-hydrogen) atoms. The first kappa shape index (κ1) is 24.2. The average molecular weight is 443 g/mol. The van der Waals surface area contributed by atoms with Crippen molar-refractivity contribution in [2.45, 2.75) is 59.5 Å². The Kier molecular flexibility index (Phi) is 7.59. The zero-order valence-corrected chi connectivity index (χ0v) is 20.3. The molecule has 0 saturated carbocycles. The first-order valence-corrected chi connectivity index (χ1v) is 12.0. The minimum absolute atomic E-state index is 0.0319. The molecule has 2 aliphatic heterocycles. The van der Waals surface area contributed by atoms with Gasteiger partial charge in [-0.2, -0.15) is 0 Å². The molecule has 0 N–H and O–H groups in total. The number of anilines is 1. The second kappa shape index (κ2) is 10.0. The molecule has 0 aromatic heterocycles. The molecule has 2 heterocycles. The normalized spacial score (nSPS) is 20.2. The number of likely N-dealkylation sites (N-methyl/N-ethyl adjacent to an activating group) is 1. The molecule has 7 heteroatoms. The Hall–Kier alpha value is -2.41. The highest BCUT2D eigenvalue weighted by molar-refractivity contribution is 6.10. The van der Waals surface area contributed by atoms with Crippen molar-refractivity contribution in [2.24, 2.45) is 5.92 Å². The van der Waals surface area contributed by atoms with Crippen LogP contribution < -0.4 is 4.90 Å². The molecule has 1 saturated heterocycles. The van der Waals surface area contributed by atoms with Crippen LogP contribution >= 0.6 is 0 Å².